The third-order valence-corrected chi connectivity index (χ3v) is 5.97. The predicted octanol–water partition coefficient (Wildman–Crippen LogP) is 5.39. The summed E-state index contributed by atoms with van der Waals surface area (Å²) in [5.41, 5.74) is -1.22. The van der Waals surface area contributed by atoms with Gasteiger partial charge in [0.05, 0.1) is 0 Å². The molecular formula is C23H23F3N2O2. The Kier molecular flexibility index (Phi) is 5.40. The minimum Gasteiger partial charge on any atom is -0.362 e. The second kappa shape index (κ2) is 7.87. The van der Waals surface area contributed by atoms with Crippen molar-refractivity contribution < 1.29 is 23.1 Å². The van der Waals surface area contributed by atoms with Crippen molar-refractivity contribution in [1.29, 1.82) is 0 Å². The zero-order valence-corrected chi connectivity index (χ0v) is 16.4. The normalized spacial score (nSPS) is 22.8. The highest BCUT2D eigenvalue weighted by molar-refractivity contribution is 5.99. The first-order chi connectivity index (χ1) is 14.3. The quantitative estimate of drug-likeness (QED) is 0.730. The number of rotatable bonds is 3. The van der Waals surface area contributed by atoms with Crippen LogP contribution in [0.4, 0.5) is 13.2 Å². The van der Waals surface area contributed by atoms with Gasteiger partial charge in [0.25, 0.3) is 11.6 Å². The molecule has 30 heavy (non-hydrogen) atoms. The van der Waals surface area contributed by atoms with Crippen LogP contribution in [0, 0.1) is 5.92 Å². The van der Waals surface area contributed by atoms with Gasteiger partial charge in [-0.2, -0.15) is 23.3 Å². The first kappa shape index (κ1) is 20.6. The molecule has 1 atom stereocenters. The summed E-state index contributed by atoms with van der Waals surface area (Å²) >= 11 is 0. The van der Waals surface area contributed by atoms with Crippen molar-refractivity contribution in [2.24, 2.45) is 11.0 Å². The van der Waals surface area contributed by atoms with Crippen molar-refractivity contribution in [1.82, 2.24) is 5.01 Å². The Morgan fingerprint density at radius 1 is 0.967 bits per heavy atom. The zero-order chi connectivity index (χ0) is 21.4. The highest BCUT2D eigenvalue weighted by atomic mass is 19.4. The van der Waals surface area contributed by atoms with Gasteiger partial charge in [0.15, 0.2) is 0 Å². The fraction of sp³-hybridized carbons (Fsp3) is 0.391. The topological polar surface area (TPSA) is 52.9 Å². The monoisotopic (exact) mass is 416 g/mol. The Morgan fingerprint density at radius 2 is 1.57 bits per heavy atom. The van der Waals surface area contributed by atoms with Gasteiger partial charge in [-0.1, -0.05) is 61.7 Å². The molecule has 158 valence electrons. The Hall–Kier alpha value is -2.67. The lowest BCUT2D eigenvalue weighted by Gasteiger charge is -2.32. The average molecular weight is 416 g/mol. The molecule has 0 saturated heterocycles. The Labute approximate surface area is 173 Å². The molecule has 0 unspecified atom stereocenters. The summed E-state index contributed by atoms with van der Waals surface area (Å²) in [6, 6.07) is 15.7. The SMILES string of the molecule is O=C(c1ccc(-c2ccccc2)cc1)N1N=C(C2CCCCC2)C[C@]1(O)C(F)(F)F. The maximum Gasteiger partial charge on any atom is 0.438 e. The van der Waals surface area contributed by atoms with E-state index < -0.39 is 24.2 Å². The standard InChI is InChI=1S/C23H23F3N2O2/c24-23(25,26)22(30)15-20(18-9-5-2-6-10-18)27-28(22)21(29)19-13-11-17(12-14-19)16-7-3-1-4-8-16/h1,3-4,7-8,11-14,18,30H,2,5-6,9-10,15H2/t22-/m0/s1. The van der Waals surface area contributed by atoms with Crippen molar-refractivity contribution >= 4 is 11.6 Å². The van der Waals surface area contributed by atoms with Crippen molar-refractivity contribution in [2.75, 3.05) is 0 Å². The Balaban J connectivity index is 1.63. The molecule has 2 aromatic carbocycles. The predicted molar refractivity (Wildman–Crippen MR) is 108 cm³/mol. The maximum absolute atomic E-state index is 13.8. The number of hydrazone groups is 1. The van der Waals surface area contributed by atoms with Crippen molar-refractivity contribution in [2.45, 2.75) is 50.4 Å². The van der Waals surface area contributed by atoms with E-state index in [0.29, 0.717) is 0 Å². The van der Waals surface area contributed by atoms with Crippen LogP contribution in [0.2, 0.25) is 0 Å². The highest BCUT2D eigenvalue weighted by Crippen LogP contribution is 2.43. The number of amides is 1. The molecule has 0 spiro atoms. The van der Waals surface area contributed by atoms with Gasteiger partial charge in [-0.25, -0.2) is 0 Å². The average Bonchev–Trinajstić information content (AvgIpc) is 3.13. The Bertz CT molecular complexity index is 935. The summed E-state index contributed by atoms with van der Waals surface area (Å²) in [5, 5.41) is 14.8. The van der Waals surface area contributed by atoms with Crippen LogP contribution in [-0.4, -0.2) is 33.6 Å². The molecule has 1 aliphatic carbocycles. The fourth-order valence-electron chi connectivity index (χ4n) is 4.23. The van der Waals surface area contributed by atoms with Gasteiger partial charge < -0.3 is 5.11 Å². The van der Waals surface area contributed by atoms with Gasteiger partial charge in [-0.3, -0.25) is 4.79 Å². The van der Waals surface area contributed by atoms with E-state index in [0.717, 1.165) is 43.2 Å². The number of aliphatic hydroxyl groups is 1. The lowest BCUT2D eigenvalue weighted by atomic mass is 9.83. The first-order valence-electron chi connectivity index (χ1n) is 10.2. The van der Waals surface area contributed by atoms with Crippen LogP contribution in [0.5, 0.6) is 0 Å². The highest BCUT2D eigenvalue weighted by Gasteiger charge is 2.63. The van der Waals surface area contributed by atoms with Gasteiger partial charge in [0.2, 0.25) is 0 Å². The van der Waals surface area contributed by atoms with Crippen molar-refractivity contribution in [3.8, 4) is 11.1 Å². The maximum atomic E-state index is 13.8. The summed E-state index contributed by atoms with van der Waals surface area (Å²) in [5.74, 6) is -1.08. The molecule has 1 heterocycles. The van der Waals surface area contributed by atoms with Crippen LogP contribution in [0.25, 0.3) is 11.1 Å². The van der Waals surface area contributed by atoms with Gasteiger partial charge >= 0.3 is 6.18 Å². The molecule has 1 saturated carbocycles. The largest absolute Gasteiger partial charge is 0.438 e. The molecule has 7 heteroatoms. The first-order valence-corrected chi connectivity index (χ1v) is 10.2. The van der Waals surface area contributed by atoms with Gasteiger partial charge in [-0.15, -0.1) is 0 Å². The number of halogens is 3. The third-order valence-electron chi connectivity index (χ3n) is 5.97. The molecule has 1 amide bonds. The Morgan fingerprint density at radius 3 is 2.17 bits per heavy atom. The second-order valence-corrected chi connectivity index (χ2v) is 7.98. The van der Waals surface area contributed by atoms with E-state index in [1.807, 2.05) is 30.3 Å². The number of carbonyl (C=O) groups is 1. The molecule has 2 aromatic rings. The molecule has 0 radical (unpaired) electrons. The van der Waals surface area contributed by atoms with Crippen LogP contribution >= 0.6 is 0 Å². The number of nitrogens with zero attached hydrogens (tertiary/aromatic N) is 2. The molecule has 1 fully saturated rings. The lowest BCUT2D eigenvalue weighted by molar-refractivity contribution is -0.297. The van der Waals surface area contributed by atoms with Gasteiger partial charge in [0.1, 0.15) is 0 Å². The van der Waals surface area contributed by atoms with Crippen molar-refractivity contribution in [3.05, 3.63) is 60.2 Å². The van der Waals surface area contributed by atoms with Crippen molar-refractivity contribution in [3.63, 3.8) is 0 Å². The summed E-state index contributed by atoms with van der Waals surface area (Å²) in [4.78, 5) is 12.9. The lowest BCUT2D eigenvalue weighted by Crippen LogP contribution is -2.56. The fourth-order valence-corrected chi connectivity index (χ4v) is 4.23. The molecule has 4 rings (SSSR count). The van der Waals surface area contributed by atoms with Gasteiger partial charge in [-0.05, 0) is 42.0 Å². The molecule has 2 aliphatic rings. The molecule has 4 nitrogen and oxygen atoms in total. The number of hydrogen-bond donors (Lipinski definition) is 1. The van der Waals surface area contributed by atoms with E-state index in [1.165, 1.54) is 12.1 Å². The van der Waals surface area contributed by atoms with Crippen LogP contribution in [0.3, 0.4) is 0 Å². The van der Waals surface area contributed by atoms with Crippen LogP contribution in [-0.2, 0) is 0 Å². The molecular weight excluding hydrogens is 393 g/mol. The number of alkyl halides is 3. The molecule has 1 aliphatic heterocycles. The summed E-state index contributed by atoms with van der Waals surface area (Å²) in [7, 11) is 0. The number of benzene rings is 2. The minimum absolute atomic E-state index is 0.0472. The smallest absolute Gasteiger partial charge is 0.362 e. The van der Waals surface area contributed by atoms with E-state index in [9.17, 15) is 23.1 Å². The minimum atomic E-state index is -5.01. The molecule has 1 N–H and O–H groups in total. The van der Waals surface area contributed by atoms with E-state index >= 15 is 0 Å². The summed E-state index contributed by atoms with van der Waals surface area (Å²) in [6.45, 7) is 0. The summed E-state index contributed by atoms with van der Waals surface area (Å²) in [6.07, 6.45) is -1.33. The number of carbonyl (C=O) groups excluding carboxylic acids is 1. The van der Waals surface area contributed by atoms with E-state index in [4.69, 9.17) is 0 Å². The number of hydrogen-bond acceptors (Lipinski definition) is 3. The van der Waals surface area contributed by atoms with E-state index in [1.54, 1.807) is 12.1 Å². The molecule has 0 aromatic heterocycles. The van der Waals surface area contributed by atoms with Crippen LogP contribution in [0.15, 0.2) is 59.7 Å². The van der Waals surface area contributed by atoms with E-state index in [2.05, 4.69) is 5.10 Å². The third kappa shape index (κ3) is 3.74. The van der Waals surface area contributed by atoms with Gasteiger partial charge in [0, 0.05) is 17.7 Å². The second-order valence-electron chi connectivity index (χ2n) is 7.98. The molecule has 0 bridgehead atoms. The van der Waals surface area contributed by atoms with E-state index in [-0.39, 0.29) is 22.2 Å². The summed E-state index contributed by atoms with van der Waals surface area (Å²) < 4.78 is 41.3. The van der Waals surface area contributed by atoms with Crippen LogP contribution < -0.4 is 0 Å². The zero-order valence-electron chi connectivity index (χ0n) is 16.4. The van der Waals surface area contributed by atoms with Crippen LogP contribution in [0.1, 0.15) is 48.9 Å².